The fourth-order valence-electron chi connectivity index (χ4n) is 3.64. The summed E-state index contributed by atoms with van der Waals surface area (Å²) in [6.07, 6.45) is 3.59. The van der Waals surface area contributed by atoms with Crippen LogP contribution in [0.1, 0.15) is 20.8 Å². The van der Waals surface area contributed by atoms with Gasteiger partial charge < -0.3 is 4.57 Å². The largest absolute Gasteiger partial charge is 0.342 e. The molecular weight excluding hydrogens is 513 g/mol. The summed E-state index contributed by atoms with van der Waals surface area (Å²) < 4.78 is 16.5. The van der Waals surface area contributed by atoms with Gasteiger partial charge in [0.2, 0.25) is 0 Å². The van der Waals surface area contributed by atoms with Crippen molar-refractivity contribution in [2.45, 2.75) is 6.54 Å². The third-order valence-electron chi connectivity index (χ3n) is 5.25. The summed E-state index contributed by atoms with van der Waals surface area (Å²) in [5.74, 6) is -1.19. The van der Waals surface area contributed by atoms with Crippen LogP contribution >= 0.6 is 46.9 Å². The second kappa shape index (κ2) is 9.34. The molecule has 10 heteroatoms. The third-order valence-corrected chi connectivity index (χ3v) is 7.77. The molecule has 0 aliphatic carbocycles. The van der Waals surface area contributed by atoms with Gasteiger partial charge in [-0.3, -0.25) is 15.0 Å². The van der Waals surface area contributed by atoms with Gasteiger partial charge in [-0.25, -0.2) is 4.39 Å². The maximum atomic E-state index is 14.4. The number of carbonyl (C=O) groups excluding carboxylic acids is 2. The molecule has 2 aromatic carbocycles. The van der Waals surface area contributed by atoms with Gasteiger partial charge in [-0.05, 0) is 47.9 Å². The number of nitrogens with zero attached hydrogens (tertiary/aromatic N) is 2. The number of hydrogen-bond donors (Lipinski definition) is 1. The Morgan fingerprint density at radius 2 is 1.97 bits per heavy atom. The van der Waals surface area contributed by atoms with E-state index in [0.717, 1.165) is 33.2 Å². The number of thiophene rings is 1. The first-order chi connectivity index (χ1) is 16.4. The zero-order valence-electron chi connectivity index (χ0n) is 17.3. The summed E-state index contributed by atoms with van der Waals surface area (Å²) in [5.41, 5.74) is 4.60. The van der Waals surface area contributed by atoms with Crippen molar-refractivity contribution in [1.29, 1.82) is 0 Å². The Morgan fingerprint density at radius 1 is 1.15 bits per heavy atom. The molecule has 170 valence electrons. The molecule has 34 heavy (non-hydrogen) atoms. The van der Waals surface area contributed by atoms with E-state index in [1.807, 2.05) is 35.0 Å². The van der Waals surface area contributed by atoms with Crippen molar-refractivity contribution in [1.82, 2.24) is 15.0 Å². The SMILES string of the molecule is O=C(NN1C(=O)C(=Cc2cn(Cc3c(F)cccc3Cl)c3ccccc23)SC1=S)c1cccs1. The Labute approximate surface area is 212 Å². The first kappa shape index (κ1) is 22.8. The molecule has 2 amide bonds. The van der Waals surface area contributed by atoms with Gasteiger partial charge in [-0.15, -0.1) is 11.3 Å². The number of hydrazine groups is 1. The number of benzene rings is 2. The molecule has 0 radical (unpaired) electrons. The molecule has 0 bridgehead atoms. The summed E-state index contributed by atoms with van der Waals surface area (Å²) in [5, 5.41) is 4.11. The third kappa shape index (κ3) is 4.27. The number of thioether (sulfide) groups is 1. The number of amides is 2. The number of aromatic nitrogens is 1. The standard InChI is InChI=1S/C24H15ClFN3O2S3/c25-17-6-3-7-18(26)16(17)13-28-12-14(15-5-1-2-8-19(15)28)11-21-23(31)29(24(32)34-21)27-22(30)20-9-4-10-33-20/h1-12H,13H2,(H,27,30). The molecule has 5 nitrogen and oxygen atoms in total. The number of rotatable bonds is 5. The van der Waals surface area contributed by atoms with Crippen LogP contribution in [0.3, 0.4) is 0 Å². The molecule has 0 atom stereocenters. The average molecular weight is 528 g/mol. The number of para-hydroxylation sites is 1. The minimum Gasteiger partial charge on any atom is -0.342 e. The van der Waals surface area contributed by atoms with E-state index in [4.69, 9.17) is 23.8 Å². The van der Waals surface area contributed by atoms with Gasteiger partial charge in [-0.1, -0.05) is 53.7 Å². The minimum atomic E-state index is -0.408. The molecule has 0 saturated carbocycles. The average Bonchev–Trinajstić information content (AvgIpc) is 3.53. The molecule has 1 fully saturated rings. The number of carbonyl (C=O) groups is 2. The van der Waals surface area contributed by atoms with Gasteiger partial charge in [0, 0.05) is 33.2 Å². The summed E-state index contributed by atoms with van der Waals surface area (Å²) in [4.78, 5) is 26.3. The predicted molar refractivity (Wildman–Crippen MR) is 139 cm³/mol. The highest BCUT2D eigenvalue weighted by Gasteiger charge is 2.34. The van der Waals surface area contributed by atoms with Crippen LogP contribution in [0.2, 0.25) is 5.02 Å². The molecule has 1 aliphatic rings. The Balaban J connectivity index is 1.47. The molecule has 2 aromatic heterocycles. The zero-order valence-corrected chi connectivity index (χ0v) is 20.5. The van der Waals surface area contributed by atoms with Crippen molar-refractivity contribution < 1.29 is 14.0 Å². The molecular formula is C24H15ClFN3O2S3. The van der Waals surface area contributed by atoms with Gasteiger partial charge in [-0.2, -0.15) is 5.01 Å². The first-order valence-electron chi connectivity index (χ1n) is 10.1. The van der Waals surface area contributed by atoms with E-state index < -0.39 is 11.8 Å². The number of nitrogens with one attached hydrogen (secondary N) is 1. The van der Waals surface area contributed by atoms with E-state index in [1.165, 1.54) is 17.4 Å². The number of thiocarbonyl (C=S) groups is 1. The van der Waals surface area contributed by atoms with Crippen LogP contribution in [0.5, 0.6) is 0 Å². The summed E-state index contributed by atoms with van der Waals surface area (Å²) >= 11 is 14.0. The molecule has 1 aliphatic heterocycles. The smallest absolute Gasteiger partial charge is 0.285 e. The fourth-order valence-corrected chi connectivity index (χ4v) is 5.65. The molecule has 3 heterocycles. The van der Waals surface area contributed by atoms with Gasteiger partial charge in [0.25, 0.3) is 11.8 Å². The van der Waals surface area contributed by atoms with Crippen LogP contribution in [0.4, 0.5) is 4.39 Å². The molecule has 5 rings (SSSR count). The van der Waals surface area contributed by atoms with Crippen molar-refractivity contribution in [3.8, 4) is 0 Å². The van der Waals surface area contributed by atoms with Gasteiger partial charge in [0.1, 0.15) is 5.82 Å². The van der Waals surface area contributed by atoms with E-state index in [1.54, 1.807) is 35.7 Å². The van der Waals surface area contributed by atoms with Gasteiger partial charge >= 0.3 is 0 Å². The summed E-state index contributed by atoms with van der Waals surface area (Å²) in [7, 11) is 0. The van der Waals surface area contributed by atoms with Crippen molar-refractivity contribution >= 4 is 80.0 Å². The lowest BCUT2D eigenvalue weighted by molar-refractivity contribution is -0.123. The fraction of sp³-hybridized carbons (Fsp3) is 0.0417. The Hall–Kier alpha value is -2.98. The van der Waals surface area contributed by atoms with E-state index >= 15 is 0 Å². The van der Waals surface area contributed by atoms with Crippen LogP contribution in [0.15, 0.2) is 71.1 Å². The molecule has 1 saturated heterocycles. The van der Waals surface area contributed by atoms with Crippen molar-refractivity contribution in [2.24, 2.45) is 0 Å². The van der Waals surface area contributed by atoms with E-state index in [0.29, 0.717) is 20.4 Å². The quantitative estimate of drug-likeness (QED) is 0.252. The van der Waals surface area contributed by atoms with Crippen molar-refractivity contribution in [2.75, 3.05) is 0 Å². The van der Waals surface area contributed by atoms with E-state index in [9.17, 15) is 14.0 Å². The van der Waals surface area contributed by atoms with Crippen molar-refractivity contribution in [3.63, 3.8) is 0 Å². The maximum absolute atomic E-state index is 14.4. The predicted octanol–water partition coefficient (Wildman–Crippen LogP) is 6.09. The van der Waals surface area contributed by atoms with Crippen molar-refractivity contribution in [3.05, 3.63) is 97.9 Å². The maximum Gasteiger partial charge on any atom is 0.285 e. The number of fused-ring (bicyclic) bond motifs is 1. The van der Waals surface area contributed by atoms with Gasteiger partial charge in [0.15, 0.2) is 4.32 Å². The lowest BCUT2D eigenvalue weighted by Gasteiger charge is -2.14. The summed E-state index contributed by atoms with van der Waals surface area (Å²) in [6.45, 7) is 0.234. The first-order valence-corrected chi connectivity index (χ1v) is 12.5. The normalized spacial score (nSPS) is 15.0. The Morgan fingerprint density at radius 3 is 2.74 bits per heavy atom. The van der Waals surface area contributed by atoms with Crippen LogP contribution < -0.4 is 5.43 Å². The number of hydrogen-bond acceptors (Lipinski definition) is 5. The highest BCUT2D eigenvalue weighted by molar-refractivity contribution is 8.26. The summed E-state index contributed by atoms with van der Waals surface area (Å²) in [6, 6.07) is 15.7. The topological polar surface area (TPSA) is 54.3 Å². The van der Waals surface area contributed by atoms with Crippen LogP contribution in [-0.2, 0) is 11.3 Å². The molecule has 0 unspecified atom stereocenters. The molecule has 4 aromatic rings. The lowest BCUT2D eigenvalue weighted by Crippen LogP contribution is -2.44. The minimum absolute atomic E-state index is 0.234. The molecule has 0 spiro atoms. The van der Waals surface area contributed by atoms with Crippen LogP contribution in [0, 0.1) is 5.82 Å². The van der Waals surface area contributed by atoms with Gasteiger partial charge in [0.05, 0.1) is 16.3 Å². The monoisotopic (exact) mass is 527 g/mol. The second-order valence-corrected chi connectivity index (χ2v) is 10.4. The zero-order chi connectivity index (χ0) is 23.8. The lowest BCUT2D eigenvalue weighted by atomic mass is 10.1. The Kier molecular flexibility index (Phi) is 6.26. The molecule has 1 N–H and O–H groups in total. The number of halogens is 2. The highest BCUT2D eigenvalue weighted by atomic mass is 35.5. The van der Waals surface area contributed by atoms with Crippen LogP contribution in [-0.4, -0.2) is 25.7 Å². The Bertz CT molecular complexity index is 1460. The highest BCUT2D eigenvalue weighted by Crippen LogP contribution is 2.34. The van der Waals surface area contributed by atoms with Crippen LogP contribution in [0.25, 0.3) is 17.0 Å². The van der Waals surface area contributed by atoms with E-state index in [-0.39, 0.29) is 16.7 Å². The van der Waals surface area contributed by atoms with E-state index in [2.05, 4.69) is 5.43 Å². The second-order valence-electron chi connectivity index (χ2n) is 7.37.